The molecule has 0 saturated carbocycles. The van der Waals surface area contributed by atoms with Crippen molar-refractivity contribution in [1.29, 1.82) is 0 Å². The second-order valence-corrected chi connectivity index (χ2v) is 4.58. The van der Waals surface area contributed by atoms with Crippen LogP contribution in [0.5, 0.6) is 11.5 Å². The van der Waals surface area contributed by atoms with Crippen molar-refractivity contribution in [3.05, 3.63) is 63.7 Å². The van der Waals surface area contributed by atoms with Crippen LogP contribution in [0.3, 0.4) is 0 Å². The van der Waals surface area contributed by atoms with Crippen LogP contribution in [0.4, 0.5) is 5.69 Å². The van der Waals surface area contributed by atoms with Crippen molar-refractivity contribution < 1.29 is 19.2 Å². The maximum atomic E-state index is 12.1. The van der Waals surface area contributed by atoms with Gasteiger partial charge in [0.15, 0.2) is 11.5 Å². The first-order valence-corrected chi connectivity index (χ1v) is 6.85. The number of methoxy groups -OCH3 is 2. The van der Waals surface area contributed by atoms with Gasteiger partial charge in [-0.2, -0.15) is 5.10 Å². The molecule has 1 amide bonds. The highest BCUT2D eigenvalue weighted by Gasteiger charge is 2.12. The van der Waals surface area contributed by atoms with Gasteiger partial charge in [0.05, 0.1) is 30.9 Å². The van der Waals surface area contributed by atoms with E-state index in [1.807, 2.05) is 0 Å². The minimum atomic E-state index is -0.516. The summed E-state index contributed by atoms with van der Waals surface area (Å²) in [7, 11) is 2.96. The largest absolute Gasteiger partial charge is 0.493 e. The molecule has 24 heavy (non-hydrogen) atoms. The highest BCUT2D eigenvalue weighted by atomic mass is 16.6. The van der Waals surface area contributed by atoms with E-state index in [4.69, 9.17) is 9.47 Å². The van der Waals surface area contributed by atoms with Crippen molar-refractivity contribution >= 4 is 17.8 Å². The van der Waals surface area contributed by atoms with Crippen molar-refractivity contribution in [2.45, 2.75) is 0 Å². The average molecular weight is 329 g/mol. The van der Waals surface area contributed by atoms with Gasteiger partial charge in [-0.3, -0.25) is 14.9 Å². The summed E-state index contributed by atoms with van der Waals surface area (Å²) in [5.41, 5.74) is 2.82. The topological polar surface area (TPSA) is 103 Å². The van der Waals surface area contributed by atoms with Gasteiger partial charge in [-0.1, -0.05) is 12.1 Å². The third-order valence-corrected chi connectivity index (χ3v) is 3.15. The number of para-hydroxylation sites is 1. The summed E-state index contributed by atoms with van der Waals surface area (Å²) in [5.74, 6) is 0.427. The first-order chi connectivity index (χ1) is 11.6. The number of nitro benzene ring substituents is 1. The van der Waals surface area contributed by atoms with Crippen LogP contribution in [0.1, 0.15) is 15.9 Å². The van der Waals surface area contributed by atoms with Crippen LogP contribution in [-0.2, 0) is 0 Å². The lowest BCUT2D eigenvalue weighted by Gasteiger charge is -2.08. The smallest absolute Gasteiger partial charge is 0.278 e. The molecule has 0 radical (unpaired) electrons. The fourth-order valence-electron chi connectivity index (χ4n) is 1.97. The zero-order valence-corrected chi connectivity index (χ0v) is 13.1. The molecule has 0 bridgehead atoms. The first kappa shape index (κ1) is 16.9. The van der Waals surface area contributed by atoms with E-state index in [0.717, 1.165) is 0 Å². The number of hydrogen-bond acceptors (Lipinski definition) is 6. The zero-order chi connectivity index (χ0) is 17.5. The minimum absolute atomic E-state index is 0.0957. The quantitative estimate of drug-likeness (QED) is 0.498. The second-order valence-electron chi connectivity index (χ2n) is 4.58. The van der Waals surface area contributed by atoms with Crippen LogP contribution >= 0.6 is 0 Å². The third kappa shape index (κ3) is 3.86. The van der Waals surface area contributed by atoms with Crippen LogP contribution in [0.25, 0.3) is 0 Å². The maximum absolute atomic E-state index is 12.1. The summed E-state index contributed by atoms with van der Waals surface area (Å²) in [6.45, 7) is 0. The number of rotatable bonds is 6. The molecule has 0 aliphatic carbocycles. The van der Waals surface area contributed by atoms with Crippen molar-refractivity contribution in [2.24, 2.45) is 5.10 Å². The number of hydrazone groups is 1. The summed E-state index contributed by atoms with van der Waals surface area (Å²) in [4.78, 5) is 22.5. The SMILES string of the molecule is COc1ccc(C(=O)N/N=C\c2ccccc2[N+](=O)[O-])cc1OC. The van der Waals surface area contributed by atoms with E-state index in [1.165, 1.54) is 38.6 Å². The fourth-order valence-corrected chi connectivity index (χ4v) is 1.97. The predicted octanol–water partition coefficient (Wildman–Crippen LogP) is 2.38. The average Bonchev–Trinajstić information content (AvgIpc) is 2.61. The fraction of sp³-hybridized carbons (Fsp3) is 0.125. The molecule has 0 aliphatic heterocycles. The molecule has 0 aromatic heterocycles. The predicted molar refractivity (Wildman–Crippen MR) is 87.7 cm³/mol. The number of carbonyl (C=O) groups excluding carboxylic acids is 1. The standard InChI is InChI=1S/C16H15N3O5/c1-23-14-8-7-11(9-15(14)24-2)16(20)18-17-10-12-5-3-4-6-13(12)19(21)22/h3-10H,1-2H3,(H,18,20)/b17-10-. The highest BCUT2D eigenvalue weighted by molar-refractivity contribution is 5.95. The molecule has 8 nitrogen and oxygen atoms in total. The Hall–Kier alpha value is -3.42. The van der Waals surface area contributed by atoms with E-state index in [9.17, 15) is 14.9 Å². The van der Waals surface area contributed by atoms with Crippen molar-refractivity contribution in [3.8, 4) is 11.5 Å². The van der Waals surface area contributed by atoms with E-state index in [0.29, 0.717) is 17.1 Å². The normalized spacial score (nSPS) is 10.4. The Morgan fingerprint density at radius 1 is 1.17 bits per heavy atom. The van der Waals surface area contributed by atoms with Gasteiger partial charge in [0.2, 0.25) is 0 Å². The zero-order valence-electron chi connectivity index (χ0n) is 13.1. The lowest BCUT2D eigenvalue weighted by Crippen LogP contribution is -2.17. The molecule has 1 N–H and O–H groups in total. The van der Waals surface area contributed by atoms with E-state index in [-0.39, 0.29) is 11.3 Å². The van der Waals surface area contributed by atoms with Gasteiger partial charge >= 0.3 is 0 Å². The van der Waals surface area contributed by atoms with Crippen molar-refractivity contribution in [3.63, 3.8) is 0 Å². The van der Waals surface area contributed by atoms with Crippen LogP contribution in [-0.4, -0.2) is 31.3 Å². The number of nitro groups is 1. The van der Waals surface area contributed by atoms with Crippen molar-refractivity contribution in [2.75, 3.05) is 14.2 Å². The van der Waals surface area contributed by atoms with Gasteiger partial charge in [0, 0.05) is 11.6 Å². The summed E-state index contributed by atoms with van der Waals surface area (Å²) in [6, 6.07) is 10.7. The summed E-state index contributed by atoms with van der Waals surface area (Å²) in [5, 5.41) is 14.7. The maximum Gasteiger partial charge on any atom is 0.278 e. The Balaban J connectivity index is 2.12. The molecule has 0 spiro atoms. The van der Waals surface area contributed by atoms with Gasteiger partial charge in [-0.25, -0.2) is 5.43 Å². The van der Waals surface area contributed by atoms with E-state index in [1.54, 1.807) is 24.3 Å². The molecule has 0 aliphatic rings. The highest BCUT2D eigenvalue weighted by Crippen LogP contribution is 2.27. The summed E-state index contributed by atoms with van der Waals surface area (Å²) >= 11 is 0. The van der Waals surface area contributed by atoms with E-state index >= 15 is 0 Å². The Morgan fingerprint density at radius 3 is 2.54 bits per heavy atom. The van der Waals surface area contributed by atoms with Crippen LogP contribution in [0.15, 0.2) is 47.6 Å². The Labute approximate surface area is 137 Å². The lowest BCUT2D eigenvalue weighted by atomic mass is 10.2. The molecule has 2 aromatic carbocycles. The molecule has 2 aromatic rings. The molecular weight excluding hydrogens is 314 g/mol. The number of ether oxygens (including phenoxy) is 2. The molecule has 124 valence electrons. The number of hydrogen-bond donors (Lipinski definition) is 1. The Kier molecular flexibility index (Phi) is 5.45. The summed E-state index contributed by atoms with van der Waals surface area (Å²) in [6.07, 6.45) is 1.22. The molecule has 0 heterocycles. The third-order valence-electron chi connectivity index (χ3n) is 3.15. The van der Waals surface area contributed by atoms with Gasteiger partial charge in [-0.15, -0.1) is 0 Å². The molecule has 0 fully saturated rings. The summed E-state index contributed by atoms with van der Waals surface area (Å²) < 4.78 is 10.2. The van der Waals surface area contributed by atoms with Gasteiger partial charge in [-0.05, 0) is 24.3 Å². The van der Waals surface area contributed by atoms with Crippen LogP contribution in [0, 0.1) is 10.1 Å². The van der Waals surface area contributed by atoms with Crippen LogP contribution in [0.2, 0.25) is 0 Å². The number of carbonyl (C=O) groups is 1. The molecular formula is C16H15N3O5. The van der Waals surface area contributed by atoms with Crippen molar-refractivity contribution in [1.82, 2.24) is 5.43 Å². The minimum Gasteiger partial charge on any atom is -0.493 e. The Bertz CT molecular complexity index is 789. The monoisotopic (exact) mass is 329 g/mol. The number of nitrogens with zero attached hydrogens (tertiary/aromatic N) is 2. The number of nitrogens with one attached hydrogen (secondary N) is 1. The van der Waals surface area contributed by atoms with E-state index < -0.39 is 10.8 Å². The van der Waals surface area contributed by atoms with Gasteiger partial charge in [0.1, 0.15) is 0 Å². The molecule has 0 atom stereocenters. The Morgan fingerprint density at radius 2 is 1.88 bits per heavy atom. The van der Waals surface area contributed by atoms with Crippen LogP contribution < -0.4 is 14.9 Å². The number of amides is 1. The van der Waals surface area contributed by atoms with E-state index in [2.05, 4.69) is 10.5 Å². The molecule has 8 heteroatoms. The molecule has 0 saturated heterocycles. The number of benzene rings is 2. The molecule has 2 rings (SSSR count). The van der Waals surface area contributed by atoms with Gasteiger partial charge in [0.25, 0.3) is 11.6 Å². The lowest BCUT2D eigenvalue weighted by molar-refractivity contribution is -0.385. The first-order valence-electron chi connectivity index (χ1n) is 6.85. The second kappa shape index (κ2) is 7.73. The molecule has 0 unspecified atom stereocenters. The van der Waals surface area contributed by atoms with Gasteiger partial charge < -0.3 is 9.47 Å².